The van der Waals surface area contributed by atoms with Gasteiger partial charge in [0.05, 0.1) is 35.1 Å². The van der Waals surface area contributed by atoms with Crippen LogP contribution >= 0.6 is 0 Å². The molecule has 1 aromatic heterocycles. The number of hydrogen-bond donors (Lipinski definition) is 0. The molecule has 6 heteroatoms. The molecule has 0 unspecified atom stereocenters. The highest BCUT2D eigenvalue weighted by Crippen LogP contribution is 2.36. The van der Waals surface area contributed by atoms with E-state index in [2.05, 4.69) is 9.97 Å². The molecule has 0 fully saturated rings. The van der Waals surface area contributed by atoms with Crippen LogP contribution < -0.4 is 0 Å². The number of rotatable bonds is 3. The molecule has 0 radical (unpaired) electrons. The summed E-state index contributed by atoms with van der Waals surface area (Å²) >= 11 is 0. The zero-order chi connectivity index (χ0) is 17.3. The molecule has 24 heavy (non-hydrogen) atoms. The summed E-state index contributed by atoms with van der Waals surface area (Å²) in [6.45, 7) is 2.08. The van der Waals surface area contributed by atoms with Gasteiger partial charge in [0.25, 0.3) is 0 Å². The van der Waals surface area contributed by atoms with Gasteiger partial charge in [0.15, 0.2) is 0 Å². The summed E-state index contributed by atoms with van der Waals surface area (Å²) in [5.74, 6) is 0. The van der Waals surface area contributed by atoms with Crippen molar-refractivity contribution >= 4 is 11.0 Å². The predicted molar refractivity (Wildman–Crippen MR) is 85.4 cm³/mol. The number of fused-ring (bicyclic) bond motifs is 1. The standard InChI is InChI=1S/C18H15F3N2O/c1-11-4-3-5-12(6-11)15-7-13(18(19,20)21)8-16-17(15)22-9-14(23-16)10-24-2/h3-9H,10H2,1-2H3. The van der Waals surface area contributed by atoms with Crippen LogP contribution in [0.25, 0.3) is 22.2 Å². The van der Waals surface area contributed by atoms with E-state index < -0.39 is 11.7 Å². The average molecular weight is 332 g/mol. The molecule has 0 N–H and O–H groups in total. The fraction of sp³-hybridized carbons (Fsp3) is 0.222. The van der Waals surface area contributed by atoms with Crippen molar-refractivity contribution in [3.05, 3.63) is 59.4 Å². The molecule has 0 spiro atoms. The number of aryl methyl sites for hydroxylation is 1. The molecular weight excluding hydrogens is 317 g/mol. The molecule has 0 saturated heterocycles. The van der Waals surface area contributed by atoms with E-state index in [1.807, 2.05) is 25.1 Å². The van der Waals surface area contributed by atoms with E-state index in [0.717, 1.165) is 17.7 Å². The smallest absolute Gasteiger partial charge is 0.378 e. The SMILES string of the molecule is COCc1cnc2c(-c3cccc(C)c3)cc(C(F)(F)F)cc2n1. The number of methoxy groups -OCH3 is 1. The monoisotopic (exact) mass is 332 g/mol. The normalized spacial score (nSPS) is 11.9. The molecule has 0 aliphatic carbocycles. The highest BCUT2D eigenvalue weighted by atomic mass is 19.4. The Morgan fingerprint density at radius 3 is 2.58 bits per heavy atom. The lowest BCUT2D eigenvalue weighted by Gasteiger charge is -2.13. The molecule has 3 aromatic rings. The molecule has 3 nitrogen and oxygen atoms in total. The second-order valence-electron chi connectivity index (χ2n) is 5.55. The van der Waals surface area contributed by atoms with Gasteiger partial charge >= 0.3 is 6.18 Å². The highest BCUT2D eigenvalue weighted by Gasteiger charge is 2.32. The van der Waals surface area contributed by atoms with Crippen molar-refractivity contribution in [2.75, 3.05) is 7.11 Å². The van der Waals surface area contributed by atoms with Gasteiger partial charge in [-0.15, -0.1) is 0 Å². The van der Waals surface area contributed by atoms with E-state index in [-0.39, 0.29) is 12.1 Å². The van der Waals surface area contributed by atoms with Crippen molar-refractivity contribution < 1.29 is 17.9 Å². The van der Waals surface area contributed by atoms with Gasteiger partial charge in [-0.2, -0.15) is 13.2 Å². The number of benzene rings is 2. The Labute approximate surface area is 137 Å². The molecule has 3 rings (SSSR count). The van der Waals surface area contributed by atoms with Crippen molar-refractivity contribution in [2.45, 2.75) is 19.7 Å². The Morgan fingerprint density at radius 2 is 1.92 bits per heavy atom. The van der Waals surface area contributed by atoms with Gasteiger partial charge in [0.1, 0.15) is 0 Å². The fourth-order valence-electron chi connectivity index (χ4n) is 2.58. The van der Waals surface area contributed by atoms with Gasteiger partial charge in [0.2, 0.25) is 0 Å². The maximum atomic E-state index is 13.3. The first kappa shape index (κ1) is 16.4. The predicted octanol–water partition coefficient (Wildman–Crippen LogP) is 4.77. The van der Waals surface area contributed by atoms with E-state index in [1.165, 1.54) is 13.3 Å². The topological polar surface area (TPSA) is 35.0 Å². The number of ether oxygens (including phenoxy) is 1. The van der Waals surface area contributed by atoms with Gasteiger partial charge in [-0.05, 0) is 24.6 Å². The fourth-order valence-corrected chi connectivity index (χ4v) is 2.58. The van der Waals surface area contributed by atoms with E-state index in [4.69, 9.17) is 4.74 Å². The largest absolute Gasteiger partial charge is 0.416 e. The summed E-state index contributed by atoms with van der Waals surface area (Å²) in [7, 11) is 1.50. The van der Waals surface area contributed by atoms with Crippen LogP contribution in [0.2, 0.25) is 0 Å². The molecular formula is C18H15F3N2O. The van der Waals surface area contributed by atoms with E-state index >= 15 is 0 Å². The Bertz CT molecular complexity index is 891. The maximum absolute atomic E-state index is 13.3. The van der Waals surface area contributed by atoms with Gasteiger partial charge in [0, 0.05) is 12.7 Å². The van der Waals surface area contributed by atoms with Gasteiger partial charge < -0.3 is 4.74 Å². The Kier molecular flexibility index (Phi) is 4.24. The molecule has 1 heterocycles. The van der Waals surface area contributed by atoms with Crippen LogP contribution in [0, 0.1) is 6.92 Å². The Hall–Kier alpha value is -2.47. The zero-order valence-corrected chi connectivity index (χ0v) is 13.2. The Balaban J connectivity index is 2.29. The van der Waals surface area contributed by atoms with Crippen molar-refractivity contribution in [1.82, 2.24) is 9.97 Å². The number of halogens is 3. The summed E-state index contributed by atoms with van der Waals surface area (Å²) in [6.07, 6.45) is -2.93. The molecule has 0 bridgehead atoms. The van der Waals surface area contributed by atoms with Crippen LogP contribution in [0.15, 0.2) is 42.6 Å². The highest BCUT2D eigenvalue weighted by molar-refractivity contribution is 5.92. The molecule has 0 amide bonds. The van der Waals surface area contributed by atoms with Gasteiger partial charge in [-0.1, -0.05) is 29.8 Å². The van der Waals surface area contributed by atoms with Crippen molar-refractivity contribution in [3.8, 4) is 11.1 Å². The number of hydrogen-bond acceptors (Lipinski definition) is 3. The van der Waals surface area contributed by atoms with Crippen LogP contribution in [0.5, 0.6) is 0 Å². The third-order valence-electron chi connectivity index (χ3n) is 3.65. The second kappa shape index (κ2) is 6.20. The minimum absolute atomic E-state index is 0.193. The molecule has 2 aromatic carbocycles. The van der Waals surface area contributed by atoms with Crippen LogP contribution in [-0.2, 0) is 17.5 Å². The number of alkyl halides is 3. The lowest BCUT2D eigenvalue weighted by Crippen LogP contribution is -2.06. The quantitative estimate of drug-likeness (QED) is 0.693. The molecule has 0 aliphatic heterocycles. The minimum atomic E-state index is -4.45. The minimum Gasteiger partial charge on any atom is -0.378 e. The number of aromatic nitrogens is 2. The first-order chi connectivity index (χ1) is 11.4. The molecule has 0 saturated carbocycles. The van der Waals surface area contributed by atoms with Crippen LogP contribution in [0.4, 0.5) is 13.2 Å². The van der Waals surface area contributed by atoms with E-state index in [1.54, 1.807) is 6.07 Å². The summed E-state index contributed by atoms with van der Waals surface area (Å²) in [4.78, 5) is 8.58. The van der Waals surface area contributed by atoms with Crippen molar-refractivity contribution in [3.63, 3.8) is 0 Å². The second-order valence-corrected chi connectivity index (χ2v) is 5.55. The Morgan fingerprint density at radius 1 is 1.12 bits per heavy atom. The summed E-state index contributed by atoms with van der Waals surface area (Å²) in [5, 5.41) is 0. The molecule has 0 aliphatic rings. The van der Waals surface area contributed by atoms with Crippen LogP contribution in [0.3, 0.4) is 0 Å². The van der Waals surface area contributed by atoms with E-state index in [0.29, 0.717) is 22.3 Å². The first-order valence-corrected chi connectivity index (χ1v) is 7.31. The summed E-state index contributed by atoms with van der Waals surface area (Å²) in [5.41, 5.74) is 2.45. The summed E-state index contributed by atoms with van der Waals surface area (Å²) < 4.78 is 44.8. The third-order valence-corrected chi connectivity index (χ3v) is 3.65. The zero-order valence-electron chi connectivity index (χ0n) is 13.2. The maximum Gasteiger partial charge on any atom is 0.416 e. The van der Waals surface area contributed by atoms with Crippen LogP contribution in [0.1, 0.15) is 16.8 Å². The first-order valence-electron chi connectivity index (χ1n) is 7.31. The van der Waals surface area contributed by atoms with Crippen LogP contribution in [-0.4, -0.2) is 17.1 Å². The summed E-state index contributed by atoms with van der Waals surface area (Å²) in [6, 6.07) is 9.46. The number of nitrogens with zero attached hydrogens (tertiary/aromatic N) is 2. The van der Waals surface area contributed by atoms with Gasteiger partial charge in [-0.3, -0.25) is 4.98 Å². The lowest BCUT2D eigenvalue weighted by atomic mass is 9.99. The average Bonchev–Trinajstić information content (AvgIpc) is 2.53. The van der Waals surface area contributed by atoms with Crippen molar-refractivity contribution in [1.29, 1.82) is 0 Å². The lowest BCUT2D eigenvalue weighted by molar-refractivity contribution is -0.137. The van der Waals surface area contributed by atoms with Crippen molar-refractivity contribution in [2.24, 2.45) is 0 Å². The molecule has 124 valence electrons. The molecule has 0 atom stereocenters. The third kappa shape index (κ3) is 3.23. The van der Waals surface area contributed by atoms with E-state index in [9.17, 15) is 13.2 Å². The van der Waals surface area contributed by atoms with Gasteiger partial charge in [-0.25, -0.2) is 4.98 Å².